The molecule has 1 unspecified atom stereocenters. The zero-order chi connectivity index (χ0) is 9.59. The van der Waals surface area contributed by atoms with Crippen LogP contribution in [-0.4, -0.2) is 39.1 Å². The van der Waals surface area contributed by atoms with Crippen LogP contribution >= 0.6 is 11.8 Å². The predicted molar refractivity (Wildman–Crippen MR) is 46.8 cm³/mol. The van der Waals surface area contributed by atoms with Crippen molar-refractivity contribution in [3.8, 4) is 0 Å². The summed E-state index contributed by atoms with van der Waals surface area (Å²) in [5.41, 5.74) is 5.57. The maximum Gasteiger partial charge on any atom is 0.352 e. The molecule has 5 nitrogen and oxygen atoms in total. The summed E-state index contributed by atoms with van der Waals surface area (Å²) in [6.07, 6.45) is 1.54. The number of fused-ring (bicyclic) bond motifs is 1. The van der Waals surface area contributed by atoms with E-state index in [0.717, 1.165) is 0 Å². The number of carbonyl (C=O) groups excluding carboxylic acids is 1. The third-order valence-electron chi connectivity index (χ3n) is 2.11. The van der Waals surface area contributed by atoms with Crippen LogP contribution < -0.4 is 5.73 Å². The van der Waals surface area contributed by atoms with Gasteiger partial charge in [0.25, 0.3) is 0 Å². The first-order valence-corrected chi connectivity index (χ1v) is 4.81. The molecule has 0 bridgehead atoms. The monoisotopic (exact) mass is 200 g/mol. The topological polar surface area (TPSA) is 83.6 Å². The number of hydrogen-bond acceptors (Lipinski definition) is 4. The standard InChI is InChI=1S/C7H8N2O3S/c8-4-5(10)9-3(7(11)12)1-2-13-6(4)9/h1,4,6H,2,8H2,(H,11,12)/t4?,6-/m1/s1. The lowest BCUT2D eigenvalue weighted by Crippen LogP contribution is -2.68. The van der Waals surface area contributed by atoms with Gasteiger partial charge in [-0.2, -0.15) is 0 Å². The number of aliphatic carboxylic acids is 1. The van der Waals surface area contributed by atoms with E-state index < -0.39 is 12.0 Å². The van der Waals surface area contributed by atoms with Crippen molar-refractivity contribution in [1.29, 1.82) is 0 Å². The third kappa shape index (κ3) is 1.06. The molecule has 2 rings (SSSR count). The fourth-order valence-corrected chi connectivity index (χ4v) is 2.58. The molecule has 0 aliphatic carbocycles. The number of thioether (sulfide) groups is 1. The van der Waals surface area contributed by atoms with Gasteiger partial charge >= 0.3 is 5.97 Å². The quantitative estimate of drug-likeness (QED) is 0.541. The second kappa shape index (κ2) is 2.74. The summed E-state index contributed by atoms with van der Waals surface area (Å²) in [4.78, 5) is 23.1. The highest BCUT2D eigenvalue weighted by molar-refractivity contribution is 8.00. The minimum absolute atomic E-state index is 0.0652. The van der Waals surface area contributed by atoms with E-state index >= 15 is 0 Å². The van der Waals surface area contributed by atoms with E-state index in [9.17, 15) is 9.59 Å². The zero-order valence-corrected chi connectivity index (χ0v) is 7.45. The summed E-state index contributed by atoms with van der Waals surface area (Å²) in [5.74, 6) is -0.763. The van der Waals surface area contributed by atoms with E-state index in [1.807, 2.05) is 0 Å². The Kier molecular flexibility index (Phi) is 1.81. The summed E-state index contributed by atoms with van der Waals surface area (Å²) in [7, 11) is 0. The molecule has 0 aromatic heterocycles. The molecule has 2 atom stereocenters. The Labute approximate surface area is 78.6 Å². The Balaban J connectivity index is 2.27. The first-order valence-electron chi connectivity index (χ1n) is 3.76. The smallest absolute Gasteiger partial charge is 0.352 e. The summed E-state index contributed by atoms with van der Waals surface area (Å²) in [6, 6.07) is -0.534. The molecule has 0 aromatic rings. The summed E-state index contributed by atoms with van der Waals surface area (Å²) in [5, 5.41) is 8.57. The maximum atomic E-state index is 11.2. The molecule has 0 radical (unpaired) electrons. The van der Waals surface area contributed by atoms with Gasteiger partial charge in [-0.1, -0.05) is 0 Å². The molecule has 0 spiro atoms. The normalized spacial score (nSPS) is 31.9. The maximum absolute atomic E-state index is 11.2. The van der Waals surface area contributed by atoms with Crippen molar-refractivity contribution in [2.24, 2.45) is 5.73 Å². The van der Waals surface area contributed by atoms with Crippen molar-refractivity contribution < 1.29 is 14.7 Å². The molecule has 0 saturated carbocycles. The number of nitrogens with two attached hydrogens (primary N) is 1. The predicted octanol–water partition coefficient (Wildman–Crippen LogP) is -0.803. The number of hydrogen-bond donors (Lipinski definition) is 2. The number of carboxylic acids is 1. The van der Waals surface area contributed by atoms with E-state index in [1.165, 1.54) is 22.7 Å². The summed E-state index contributed by atoms with van der Waals surface area (Å²) >= 11 is 1.49. The molecule has 1 amide bonds. The molecule has 6 heteroatoms. The van der Waals surface area contributed by atoms with E-state index in [-0.39, 0.29) is 17.0 Å². The van der Waals surface area contributed by atoms with Crippen molar-refractivity contribution in [2.45, 2.75) is 11.4 Å². The molecule has 1 fully saturated rings. The Bertz CT molecular complexity index is 315. The zero-order valence-electron chi connectivity index (χ0n) is 6.64. The first-order chi connectivity index (χ1) is 6.13. The van der Waals surface area contributed by atoms with Crippen molar-refractivity contribution in [3.05, 3.63) is 11.8 Å². The number of carbonyl (C=O) groups is 2. The van der Waals surface area contributed by atoms with Gasteiger partial charge in [0.15, 0.2) is 0 Å². The summed E-state index contributed by atoms with van der Waals surface area (Å²) in [6.45, 7) is 0. The highest BCUT2D eigenvalue weighted by Crippen LogP contribution is 2.36. The van der Waals surface area contributed by atoms with E-state index in [1.54, 1.807) is 0 Å². The van der Waals surface area contributed by atoms with Gasteiger partial charge in [-0.05, 0) is 6.08 Å². The van der Waals surface area contributed by atoms with Crippen molar-refractivity contribution in [3.63, 3.8) is 0 Å². The van der Waals surface area contributed by atoms with E-state index in [0.29, 0.717) is 5.75 Å². The average molecular weight is 200 g/mol. The van der Waals surface area contributed by atoms with E-state index in [2.05, 4.69) is 0 Å². The Hall–Kier alpha value is -1.01. The largest absolute Gasteiger partial charge is 0.477 e. The lowest BCUT2D eigenvalue weighted by atomic mass is 10.1. The molecule has 2 aliphatic rings. The van der Waals surface area contributed by atoms with Crippen LogP contribution in [0.3, 0.4) is 0 Å². The van der Waals surface area contributed by atoms with Crippen LogP contribution in [0.2, 0.25) is 0 Å². The molecule has 2 heterocycles. The molecule has 70 valence electrons. The van der Waals surface area contributed by atoms with E-state index in [4.69, 9.17) is 10.8 Å². The lowest BCUT2D eigenvalue weighted by molar-refractivity contribution is -0.147. The number of rotatable bonds is 1. The Morgan fingerprint density at radius 1 is 1.77 bits per heavy atom. The van der Waals surface area contributed by atoms with Gasteiger partial charge in [-0.15, -0.1) is 11.8 Å². The lowest BCUT2D eigenvalue weighted by Gasteiger charge is -2.46. The molecular formula is C7H8N2O3S. The fraction of sp³-hybridized carbons (Fsp3) is 0.429. The van der Waals surface area contributed by atoms with Gasteiger partial charge in [-0.25, -0.2) is 4.79 Å². The molecular weight excluding hydrogens is 192 g/mol. The highest BCUT2D eigenvalue weighted by atomic mass is 32.2. The van der Waals surface area contributed by atoms with Gasteiger partial charge in [0, 0.05) is 5.75 Å². The highest BCUT2D eigenvalue weighted by Gasteiger charge is 2.49. The molecule has 0 aromatic carbocycles. The van der Waals surface area contributed by atoms with Crippen molar-refractivity contribution in [1.82, 2.24) is 4.90 Å². The van der Waals surface area contributed by atoms with Crippen molar-refractivity contribution >= 4 is 23.6 Å². The molecule has 13 heavy (non-hydrogen) atoms. The second-order valence-electron chi connectivity index (χ2n) is 2.85. The van der Waals surface area contributed by atoms with Gasteiger partial charge in [0.2, 0.25) is 5.91 Å². The van der Waals surface area contributed by atoms with Gasteiger partial charge in [-0.3, -0.25) is 9.69 Å². The van der Waals surface area contributed by atoms with Gasteiger partial charge < -0.3 is 10.8 Å². The van der Waals surface area contributed by atoms with Crippen LogP contribution in [0.4, 0.5) is 0 Å². The number of β-lactam (4-membered cyclic amide) rings is 1. The number of carboxylic acid groups (broad SMARTS) is 1. The van der Waals surface area contributed by atoms with Gasteiger partial charge in [0.05, 0.1) is 0 Å². The van der Waals surface area contributed by atoms with Crippen LogP contribution in [-0.2, 0) is 9.59 Å². The van der Waals surface area contributed by atoms with Crippen LogP contribution in [0.5, 0.6) is 0 Å². The van der Waals surface area contributed by atoms with Crippen LogP contribution in [0.15, 0.2) is 11.8 Å². The summed E-state index contributed by atoms with van der Waals surface area (Å²) < 4.78 is 0. The average Bonchev–Trinajstić information content (AvgIpc) is 2.15. The molecule has 3 N–H and O–H groups in total. The molecule has 2 aliphatic heterocycles. The van der Waals surface area contributed by atoms with Crippen LogP contribution in [0.25, 0.3) is 0 Å². The van der Waals surface area contributed by atoms with Crippen LogP contribution in [0, 0.1) is 0 Å². The number of nitrogens with zero attached hydrogens (tertiary/aromatic N) is 1. The SMILES string of the molecule is NC1C(=O)N2C(C(=O)O)=CCS[C@H]12. The fourth-order valence-electron chi connectivity index (χ4n) is 1.43. The van der Waals surface area contributed by atoms with Crippen LogP contribution in [0.1, 0.15) is 0 Å². The first kappa shape index (κ1) is 8.58. The minimum atomic E-state index is -1.06. The minimum Gasteiger partial charge on any atom is -0.477 e. The van der Waals surface area contributed by atoms with Gasteiger partial charge in [0.1, 0.15) is 17.1 Å². The Morgan fingerprint density at radius 2 is 2.46 bits per heavy atom. The third-order valence-corrected chi connectivity index (χ3v) is 3.31. The number of amides is 1. The second-order valence-corrected chi connectivity index (χ2v) is 4.00. The Morgan fingerprint density at radius 3 is 3.08 bits per heavy atom. The van der Waals surface area contributed by atoms with Crippen molar-refractivity contribution in [2.75, 3.05) is 5.75 Å². The molecule has 1 saturated heterocycles.